The minimum absolute atomic E-state index is 0. The number of aliphatic carboxylic acids is 1. The molecule has 0 aliphatic heterocycles. The summed E-state index contributed by atoms with van der Waals surface area (Å²) in [6.45, 7) is 1.85. The van der Waals surface area contributed by atoms with Crippen LogP contribution in [0.2, 0.25) is 0 Å². The molecule has 0 radical (unpaired) electrons. The van der Waals surface area contributed by atoms with Gasteiger partial charge in [-0.1, -0.05) is 6.07 Å². The summed E-state index contributed by atoms with van der Waals surface area (Å²) in [6.07, 6.45) is -0.691. The Morgan fingerprint density at radius 2 is 1.94 bits per heavy atom. The average molecular weight is 500 g/mol. The summed E-state index contributed by atoms with van der Waals surface area (Å²) in [7, 11) is 0. The fraction of sp³-hybridized carbons (Fsp3) is 0.364. The number of aryl methyl sites for hydroxylation is 1. The predicted octanol–water partition coefficient (Wildman–Crippen LogP) is 0.803. The second kappa shape index (κ2) is 10.3. The number of hydrogen-bond donors (Lipinski definition) is 2. The summed E-state index contributed by atoms with van der Waals surface area (Å²) < 4.78 is 38.8. The maximum Gasteiger partial charge on any atom is 1.00 e. The SMILES string of the molecule is Cc1cc(Nc2nccc(C(F)(F)F)n2)cc(-c2cnc(C3(O)CCC(C(=O)[O-])CC3)s2)c1.[Na+]. The van der Waals surface area contributed by atoms with Crippen LogP contribution in [0, 0.1) is 12.8 Å². The van der Waals surface area contributed by atoms with Gasteiger partial charge in [-0.05, 0) is 67.9 Å². The number of anilines is 2. The van der Waals surface area contributed by atoms with Gasteiger partial charge < -0.3 is 20.3 Å². The van der Waals surface area contributed by atoms with Crippen molar-refractivity contribution in [1.29, 1.82) is 0 Å². The van der Waals surface area contributed by atoms with Crippen LogP contribution >= 0.6 is 11.3 Å². The predicted molar refractivity (Wildman–Crippen MR) is 113 cm³/mol. The van der Waals surface area contributed by atoms with Crippen molar-refractivity contribution in [2.24, 2.45) is 5.92 Å². The van der Waals surface area contributed by atoms with Gasteiger partial charge in [-0.25, -0.2) is 15.0 Å². The fourth-order valence-electron chi connectivity index (χ4n) is 3.87. The maximum atomic E-state index is 12.9. The van der Waals surface area contributed by atoms with E-state index in [1.165, 1.54) is 11.3 Å². The number of aromatic nitrogens is 3. The number of carbonyl (C=O) groups excluding carboxylic acids is 1. The minimum atomic E-state index is -4.57. The molecule has 3 aromatic rings. The molecule has 2 N–H and O–H groups in total. The van der Waals surface area contributed by atoms with Crippen LogP contribution < -0.4 is 40.0 Å². The van der Waals surface area contributed by atoms with Gasteiger partial charge in [-0.3, -0.25) is 0 Å². The van der Waals surface area contributed by atoms with Gasteiger partial charge in [0.15, 0.2) is 0 Å². The van der Waals surface area contributed by atoms with Gasteiger partial charge >= 0.3 is 35.7 Å². The summed E-state index contributed by atoms with van der Waals surface area (Å²) in [5.74, 6) is -1.83. The third-order valence-corrected chi connectivity index (χ3v) is 6.85. The van der Waals surface area contributed by atoms with Gasteiger partial charge in [-0.2, -0.15) is 13.2 Å². The largest absolute Gasteiger partial charge is 1.00 e. The van der Waals surface area contributed by atoms with Gasteiger partial charge in [0.1, 0.15) is 16.3 Å². The first kappa shape index (κ1) is 26.6. The topological polar surface area (TPSA) is 111 Å². The monoisotopic (exact) mass is 500 g/mol. The summed E-state index contributed by atoms with van der Waals surface area (Å²) >= 11 is 1.30. The summed E-state index contributed by atoms with van der Waals surface area (Å²) in [6, 6.07) is 6.19. The molecule has 0 amide bonds. The molecular weight excluding hydrogens is 480 g/mol. The number of benzene rings is 1. The van der Waals surface area contributed by atoms with Crippen LogP contribution in [-0.4, -0.2) is 26.0 Å². The molecule has 0 saturated heterocycles. The van der Waals surface area contributed by atoms with Crippen molar-refractivity contribution >= 4 is 28.9 Å². The summed E-state index contributed by atoms with van der Waals surface area (Å²) in [5, 5.41) is 25.4. The summed E-state index contributed by atoms with van der Waals surface area (Å²) in [4.78, 5) is 23.6. The molecule has 1 saturated carbocycles. The number of alkyl halides is 3. The molecule has 174 valence electrons. The molecule has 0 unspecified atom stereocenters. The van der Waals surface area contributed by atoms with Crippen molar-refractivity contribution in [1.82, 2.24) is 15.0 Å². The number of nitrogens with zero attached hydrogens (tertiary/aromatic N) is 3. The zero-order chi connectivity index (χ0) is 23.8. The average Bonchev–Trinajstić information content (AvgIpc) is 3.25. The Kier molecular flexibility index (Phi) is 8.03. The van der Waals surface area contributed by atoms with E-state index in [2.05, 4.69) is 20.3 Å². The van der Waals surface area contributed by atoms with E-state index < -0.39 is 29.4 Å². The molecule has 4 rings (SSSR count). The first-order valence-electron chi connectivity index (χ1n) is 10.2. The van der Waals surface area contributed by atoms with E-state index in [4.69, 9.17) is 0 Å². The first-order chi connectivity index (χ1) is 15.5. The number of thiazole rings is 1. The number of carbonyl (C=O) groups is 1. The van der Waals surface area contributed by atoms with Crippen LogP contribution in [0.4, 0.5) is 24.8 Å². The van der Waals surface area contributed by atoms with Gasteiger partial charge in [0.2, 0.25) is 5.95 Å². The van der Waals surface area contributed by atoms with Crippen molar-refractivity contribution in [3.8, 4) is 10.4 Å². The quantitative estimate of drug-likeness (QED) is 0.499. The number of nitrogens with one attached hydrogen (secondary N) is 1. The second-order valence-corrected chi connectivity index (χ2v) is 9.16. The van der Waals surface area contributed by atoms with Gasteiger partial charge in [0, 0.05) is 24.1 Å². The molecule has 7 nitrogen and oxygen atoms in total. The Hall–Kier alpha value is -2.05. The Morgan fingerprint density at radius 1 is 1.24 bits per heavy atom. The molecule has 1 aromatic carbocycles. The molecule has 1 aliphatic rings. The zero-order valence-electron chi connectivity index (χ0n) is 18.5. The minimum Gasteiger partial charge on any atom is -0.550 e. The van der Waals surface area contributed by atoms with E-state index in [1.54, 1.807) is 18.3 Å². The Morgan fingerprint density at radius 3 is 2.59 bits per heavy atom. The van der Waals surface area contributed by atoms with E-state index in [9.17, 15) is 28.2 Å². The molecular formula is C22H20F3N4NaO3S. The summed E-state index contributed by atoms with van der Waals surface area (Å²) in [5.41, 5.74) is -0.106. The fourth-order valence-corrected chi connectivity index (χ4v) is 4.92. The van der Waals surface area contributed by atoms with Crippen LogP contribution in [0.15, 0.2) is 36.7 Å². The molecule has 0 spiro atoms. The van der Waals surface area contributed by atoms with Crippen LogP contribution in [0.25, 0.3) is 10.4 Å². The standard InChI is InChI=1S/C22H21F3N4O3S.Na/c1-12-8-14(10-15(9-12)28-20-26-7-4-17(29-20)22(23,24)25)16-11-27-19(33-16)21(32)5-2-13(3-6-21)18(30)31;/h4,7-11,13,32H,2-3,5-6H2,1H3,(H,30,31)(H,26,28,29);/q;+1/p-1. The normalized spacial score (nSPS) is 20.4. The maximum absolute atomic E-state index is 12.9. The number of aliphatic hydroxyl groups is 1. The Balaban J connectivity index is 0.00000324. The Labute approximate surface area is 219 Å². The van der Waals surface area contributed by atoms with Crippen molar-refractivity contribution in [3.63, 3.8) is 0 Å². The van der Waals surface area contributed by atoms with Crippen LogP contribution in [0.5, 0.6) is 0 Å². The molecule has 2 heterocycles. The Bertz CT molecular complexity index is 1180. The third-order valence-electron chi connectivity index (χ3n) is 5.61. The molecule has 34 heavy (non-hydrogen) atoms. The first-order valence-corrected chi connectivity index (χ1v) is 11.0. The van der Waals surface area contributed by atoms with Crippen LogP contribution in [-0.2, 0) is 16.6 Å². The molecule has 1 aliphatic carbocycles. The number of rotatable bonds is 5. The molecule has 2 aromatic heterocycles. The van der Waals surface area contributed by atoms with Crippen LogP contribution in [0.3, 0.4) is 0 Å². The van der Waals surface area contributed by atoms with E-state index in [-0.39, 0.29) is 48.3 Å². The number of carboxylic acid groups (broad SMARTS) is 1. The van der Waals surface area contributed by atoms with Gasteiger partial charge in [-0.15, -0.1) is 11.3 Å². The molecule has 0 bridgehead atoms. The van der Waals surface area contributed by atoms with E-state index in [0.29, 0.717) is 23.5 Å². The van der Waals surface area contributed by atoms with Crippen molar-refractivity contribution in [2.45, 2.75) is 44.4 Å². The van der Waals surface area contributed by atoms with Crippen molar-refractivity contribution < 1.29 is 57.7 Å². The van der Waals surface area contributed by atoms with E-state index in [1.807, 2.05) is 13.0 Å². The number of hydrogen-bond acceptors (Lipinski definition) is 8. The second-order valence-electron chi connectivity index (χ2n) is 8.13. The number of carboxylic acids is 1. The molecule has 0 atom stereocenters. The molecule has 12 heteroatoms. The number of halogens is 3. The molecule has 1 fully saturated rings. The van der Waals surface area contributed by atoms with Gasteiger partial charge in [0.05, 0.1) is 4.88 Å². The smallest absolute Gasteiger partial charge is 0.550 e. The van der Waals surface area contributed by atoms with E-state index >= 15 is 0 Å². The van der Waals surface area contributed by atoms with Crippen molar-refractivity contribution in [2.75, 3.05) is 5.32 Å². The third kappa shape index (κ3) is 5.95. The van der Waals surface area contributed by atoms with E-state index in [0.717, 1.165) is 28.3 Å². The zero-order valence-corrected chi connectivity index (χ0v) is 21.3. The van der Waals surface area contributed by atoms with Crippen molar-refractivity contribution in [3.05, 3.63) is 52.9 Å². The van der Waals surface area contributed by atoms with Crippen LogP contribution in [0.1, 0.15) is 41.9 Å². The van der Waals surface area contributed by atoms with Gasteiger partial charge in [0.25, 0.3) is 0 Å².